The zero-order valence-electron chi connectivity index (χ0n) is 22.0. The van der Waals surface area contributed by atoms with Gasteiger partial charge in [-0.15, -0.1) is 0 Å². The molecule has 0 unspecified atom stereocenters. The van der Waals surface area contributed by atoms with Crippen molar-refractivity contribution in [2.24, 2.45) is 0 Å². The Bertz CT molecular complexity index is 1390. The number of benzene rings is 2. The van der Waals surface area contributed by atoms with Gasteiger partial charge in [-0.05, 0) is 42.0 Å². The summed E-state index contributed by atoms with van der Waals surface area (Å²) >= 11 is 0. The number of carbonyl (C=O) groups is 2. The Kier molecular flexibility index (Phi) is 9.73. The number of methoxy groups -OCH3 is 1. The molecule has 212 valence electrons. The van der Waals surface area contributed by atoms with Crippen molar-refractivity contribution in [3.05, 3.63) is 53.6 Å². The maximum Gasteiger partial charge on any atom is 0.349 e. The zero-order chi connectivity index (χ0) is 28.5. The second kappa shape index (κ2) is 13.4. The van der Waals surface area contributed by atoms with Crippen molar-refractivity contribution < 1.29 is 37.0 Å². The molecule has 1 N–H and O–H groups in total. The van der Waals surface area contributed by atoms with E-state index in [9.17, 15) is 23.3 Å². The standard InChI is InChI=1S/C27H30N4O8S/c1-36-22-4-2-20(3-5-22)16-21(18-28)27(33)39-19-26(32)29-24-17-23(40(34,35)31-10-14-38-15-11-31)6-7-25(24)30-8-12-37-13-9-30/h2-7,16-17H,8-15,19H2,1H3,(H,29,32)/b21-16-. The fourth-order valence-electron chi connectivity index (χ4n) is 4.19. The van der Waals surface area contributed by atoms with Crippen molar-refractivity contribution in [1.29, 1.82) is 5.26 Å². The summed E-state index contributed by atoms with van der Waals surface area (Å²) < 4.78 is 48.7. The Balaban J connectivity index is 1.49. The molecule has 0 spiro atoms. The number of morpholine rings is 2. The largest absolute Gasteiger partial charge is 0.497 e. The molecule has 2 aliphatic rings. The highest BCUT2D eigenvalue weighted by molar-refractivity contribution is 7.89. The van der Waals surface area contributed by atoms with Gasteiger partial charge in [0.25, 0.3) is 5.91 Å². The van der Waals surface area contributed by atoms with Crippen LogP contribution in [0.15, 0.2) is 52.9 Å². The van der Waals surface area contributed by atoms with Gasteiger partial charge in [-0.25, -0.2) is 13.2 Å². The lowest BCUT2D eigenvalue weighted by atomic mass is 10.1. The summed E-state index contributed by atoms with van der Waals surface area (Å²) in [7, 11) is -2.30. The molecule has 2 fully saturated rings. The van der Waals surface area contributed by atoms with Crippen LogP contribution >= 0.6 is 0 Å². The Morgan fingerprint density at radius 3 is 2.30 bits per heavy atom. The molecule has 0 saturated carbocycles. The average molecular weight is 571 g/mol. The van der Waals surface area contributed by atoms with Gasteiger partial charge in [0.1, 0.15) is 17.4 Å². The highest BCUT2D eigenvalue weighted by Gasteiger charge is 2.28. The van der Waals surface area contributed by atoms with E-state index in [1.54, 1.807) is 36.4 Å². The fraction of sp³-hybridized carbons (Fsp3) is 0.370. The number of hydrogen-bond acceptors (Lipinski definition) is 10. The SMILES string of the molecule is COc1ccc(/C=C(/C#N)C(=O)OCC(=O)Nc2cc(S(=O)(=O)N3CCOCC3)ccc2N2CCOCC2)cc1. The summed E-state index contributed by atoms with van der Waals surface area (Å²) in [5.41, 5.74) is 1.16. The molecular weight excluding hydrogens is 540 g/mol. The molecule has 2 aliphatic heterocycles. The number of nitrogens with zero attached hydrogens (tertiary/aromatic N) is 3. The summed E-state index contributed by atoms with van der Waals surface area (Å²) in [5.74, 6) is -1.04. The average Bonchev–Trinajstić information content (AvgIpc) is 2.99. The van der Waals surface area contributed by atoms with Gasteiger partial charge in [0.15, 0.2) is 6.61 Å². The molecule has 12 nitrogen and oxygen atoms in total. The van der Waals surface area contributed by atoms with Crippen LogP contribution in [0.25, 0.3) is 6.08 Å². The molecule has 0 atom stereocenters. The van der Waals surface area contributed by atoms with E-state index in [0.717, 1.165) is 0 Å². The third-order valence-corrected chi connectivity index (χ3v) is 8.20. The fourth-order valence-corrected chi connectivity index (χ4v) is 5.63. The quantitative estimate of drug-likeness (QED) is 0.268. The van der Waals surface area contributed by atoms with Gasteiger partial charge < -0.3 is 29.2 Å². The Morgan fingerprint density at radius 1 is 1.02 bits per heavy atom. The minimum atomic E-state index is -3.82. The maximum absolute atomic E-state index is 13.2. The van der Waals surface area contributed by atoms with Crippen molar-refractivity contribution in [1.82, 2.24) is 4.31 Å². The van der Waals surface area contributed by atoms with Gasteiger partial charge in [-0.1, -0.05) is 12.1 Å². The highest BCUT2D eigenvalue weighted by atomic mass is 32.2. The van der Waals surface area contributed by atoms with Crippen LogP contribution < -0.4 is 15.0 Å². The minimum Gasteiger partial charge on any atom is -0.497 e. The van der Waals surface area contributed by atoms with Gasteiger partial charge in [0.05, 0.1) is 49.8 Å². The normalized spacial score (nSPS) is 16.6. The number of nitrogens with one attached hydrogen (secondary N) is 1. The highest BCUT2D eigenvalue weighted by Crippen LogP contribution is 2.31. The number of amides is 1. The van der Waals surface area contributed by atoms with Crippen LogP contribution in [0.4, 0.5) is 11.4 Å². The predicted octanol–water partition coefficient (Wildman–Crippen LogP) is 1.64. The summed E-state index contributed by atoms with van der Waals surface area (Å²) in [6.07, 6.45) is 1.34. The van der Waals surface area contributed by atoms with E-state index in [-0.39, 0.29) is 29.2 Å². The smallest absolute Gasteiger partial charge is 0.349 e. The van der Waals surface area contributed by atoms with Gasteiger partial charge in [0.2, 0.25) is 10.0 Å². The molecule has 2 aromatic rings. The number of rotatable bonds is 9. The lowest BCUT2D eigenvalue weighted by Crippen LogP contribution is -2.40. The van der Waals surface area contributed by atoms with Crippen LogP contribution in [0.5, 0.6) is 5.75 Å². The van der Waals surface area contributed by atoms with E-state index in [2.05, 4.69) is 5.32 Å². The summed E-state index contributed by atoms with van der Waals surface area (Å²) in [5, 5.41) is 12.1. The number of sulfonamides is 1. The molecule has 2 aromatic carbocycles. The molecular formula is C27H30N4O8S. The van der Waals surface area contributed by atoms with Crippen LogP contribution in [0.2, 0.25) is 0 Å². The van der Waals surface area contributed by atoms with Crippen molar-refractivity contribution >= 4 is 39.4 Å². The molecule has 0 radical (unpaired) electrons. The molecule has 40 heavy (non-hydrogen) atoms. The first kappa shape index (κ1) is 29.0. The molecule has 0 aromatic heterocycles. The van der Waals surface area contributed by atoms with E-state index in [1.807, 2.05) is 4.90 Å². The molecule has 0 aliphatic carbocycles. The van der Waals surface area contributed by atoms with Crippen LogP contribution in [0.3, 0.4) is 0 Å². The van der Waals surface area contributed by atoms with Crippen LogP contribution in [-0.4, -0.2) is 90.9 Å². The second-order valence-corrected chi connectivity index (χ2v) is 10.8. The number of ether oxygens (including phenoxy) is 4. The first-order valence-corrected chi connectivity index (χ1v) is 14.0. The molecule has 2 saturated heterocycles. The topological polar surface area (TPSA) is 147 Å². The van der Waals surface area contributed by atoms with Gasteiger partial charge in [-0.2, -0.15) is 9.57 Å². The monoisotopic (exact) mass is 570 g/mol. The van der Waals surface area contributed by atoms with E-state index < -0.39 is 28.5 Å². The number of hydrogen-bond donors (Lipinski definition) is 1. The maximum atomic E-state index is 13.2. The molecule has 4 rings (SSSR count). The lowest BCUT2D eigenvalue weighted by molar-refractivity contribution is -0.142. The van der Waals surface area contributed by atoms with Gasteiger partial charge >= 0.3 is 5.97 Å². The number of esters is 1. The van der Waals surface area contributed by atoms with E-state index in [1.165, 1.54) is 29.6 Å². The van der Waals surface area contributed by atoms with Crippen molar-refractivity contribution in [3.63, 3.8) is 0 Å². The van der Waals surface area contributed by atoms with E-state index in [0.29, 0.717) is 56.5 Å². The molecule has 1 amide bonds. The number of anilines is 2. The molecule has 2 heterocycles. The van der Waals surface area contributed by atoms with Crippen molar-refractivity contribution in [2.75, 3.05) is 76.5 Å². The minimum absolute atomic E-state index is 0.0212. The second-order valence-electron chi connectivity index (χ2n) is 8.86. The van der Waals surface area contributed by atoms with Crippen molar-refractivity contribution in [2.45, 2.75) is 4.90 Å². The number of carbonyl (C=O) groups excluding carboxylic acids is 2. The first-order valence-electron chi connectivity index (χ1n) is 12.6. The first-order chi connectivity index (χ1) is 19.3. The van der Waals surface area contributed by atoms with Crippen molar-refractivity contribution in [3.8, 4) is 11.8 Å². The summed E-state index contributed by atoms with van der Waals surface area (Å²) in [4.78, 5) is 27.3. The third-order valence-electron chi connectivity index (χ3n) is 6.30. The zero-order valence-corrected chi connectivity index (χ0v) is 22.8. The van der Waals surface area contributed by atoms with Gasteiger partial charge in [0, 0.05) is 26.2 Å². The number of nitriles is 1. The molecule has 13 heteroatoms. The Morgan fingerprint density at radius 2 is 1.68 bits per heavy atom. The Hall–Kier alpha value is -3.96. The van der Waals surface area contributed by atoms with E-state index in [4.69, 9.17) is 18.9 Å². The van der Waals surface area contributed by atoms with Crippen LogP contribution in [0.1, 0.15) is 5.56 Å². The van der Waals surface area contributed by atoms with E-state index >= 15 is 0 Å². The van der Waals surface area contributed by atoms with Crippen LogP contribution in [-0.2, 0) is 33.8 Å². The Labute approximate surface area is 232 Å². The predicted molar refractivity (Wildman–Crippen MR) is 145 cm³/mol. The third kappa shape index (κ3) is 7.16. The summed E-state index contributed by atoms with van der Waals surface area (Å²) in [6, 6.07) is 13.0. The summed E-state index contributed by atoms with van der Waals surface area (Å²) in [6.45, 7) is 2.46. The van der Waals surface area contributed by atoms with Crippen LogP contribution in [0, 0.1) is 11.3 Å². The molecule has 0 bridgehead atoms. The van der Waals surface area contributed by atoms with Gasteiger partial charge in [-0.3, -0.25) is 4.79 Å². The lowest BCUT2D eigenvalue weighted by Gasteiger charge is -2.31.